The first-order chi connectivity index (χ1) is 29.0. The fraction of sp³-hybridized carbons (Fsp3) is 0.755. The Hall–Kier alpha value is -3.42. The first-order valence-electron chi connectivity index (χ1n) is 23.1. The summed E-state index contributed by atoms with van der Waals surface area (Å²) in [6, 6.07) is 9.12. The molecule has 13 heteroatoms. The molecule has 2 fully saturated rings. The Morgan fingerprint density at radius 3 is 1.82 bits per heavy atom. The minimum atomic E-state index is -2.13. The Bertz CT molecular complexity index is 1580. The topological polar surface area (TPSA) is 130 Å². The number of hydrogen-bond donors (Lipinski definition) is 0. The van der Waals surface area contributed by atoms with Crippen molar-refractivity contribution in [3.63, 3.8) is 0 Å². The van der Waals surface area contributed by atoms with Gasteiger partial charge >= 0.3 is 24.1 Å². The second kappa shape index (κ2) is 24.0. The van der Waals surface area contributed by atoms with Gasteiger partial charge in [-0.3, -0.25) is 9.59 Å². The standard InChI is InChI=1S/C49H82N2O10Si/c1-47(2,3)60-45(54)50-31-22-27-37(41(50)39(43(52)56-10)30-20-21-33-58-34-36-24-16-14-17-25-36)26-18-15-19-29-40(44(53)57-11)42-38(35-59-62(12,13)49(7,8)9)28-23-32-51(42)46(55)61-48(4,5)6/h14,16-18,24-26,37-42H,15,19-23,27-35H2,1-13H3/b26-18-/t37-,38+,39+,40+,41-,42-/m0/s1. The van der Waals surface area contributed by atoms with Gasteiger partial charge in [0, 0.05) is 32.2 Å². The molecule has 352 valence electrons. The highest BCUT2D eigenvalue weighted by atomic mass is 28.4. The third-order valence-corrected chi connectivity index (χ3v) is 17.0. The largest absolute Gasteiger partial charge is 0.469 e. The third kappa shape index (κ3) is 16.6. The van der Waals surface area contributed by atoms with Gasteiger partial charge in [-0.15, -0.1) is 0 Å². The molecule has 3 rings (SSSR count). The van der Waals surface area contributed by atoms with E-state index in [1.807, 2.05) is 71.9 Å². The third-order valence-electron chi connectivity index (χ3n) is 12.5. The first kappa shape index (κ1) is 52.9. The highest BCUT2D eigenvalue weighted by molar-refractivity contribution is 6.74. The monoisotopic (exact) mass is 887 g/mol. The predicted molar refractivity (Wildman–Crippen MR) is 246 cm³/mol. The number of allylic oxidation sites excluding steroid dienone is 1. The summed E-state index contributed by atoms with van der Waals surface area (Å²) >= 11 is 0. The van der Waals surface area contributed by atoms with Crippen molar-refractivity contribution in [3.05, 3.63) is 48.0 Å². The Kier molecular flexibility index (Phi) is 20.5. The number of hydrogen-bond acceptors (Lipinski definition) is 10. The molecule has 6 atom stereocenters. The molecule has 0 unspecified atom stereocenters. The molecule has 0 N–H and O–H groups in total. The average Bonchev–Trinajstić information content (AvgIpc) is 3.19. The van der Waals surface area contributed by atoms with Gasteiger partial charge in [0.2, 0.25) is 0 Å². The molecule has 2 saturated heterocycles. The molecule has 12 nitrogen and oxygen atoms in total. The summed E-state index contributed by atoms with van der Waals surface area (Å²) in [5.41, 5.74) is -0.291. The quantitative estimate of drug-likeness (QED) is 0.0435. The molecule has 2 heterocycles. The maximum absolute atomic E-state index is 13.8. The highest BCUT2D eigenvalue weighted by Crippen LogP contribution is 2.40. The number of rotatable bonds is 19. The lowest BCUT2D eigenvalue weighted by atomic mass is 9.78. The first-order valence-corrected chi connectivity index (χ1v) is 26.0. The van der Waals surface area contributed by atoms with Crippen molar-refractivity contribution in [1.29, 1.82) is 0 Å². The molecule has 1 aromatic rings. The fourth-order valence-corrected chi connectivity index (χ4v) is 9.48. The second-order valence-corrected chi connectivity index (χ2v) is 25.6. The normalized spacial score (nSPS) is 21.3. The van der Waals surface area contributed by atoms with Gasteiger partial charge in [0.15, 0.2) is 8.32 Å². The van der Waals surface area contributed by atoms with Crippen LogP contribution in [0.4, 0.5) is 9.59 Å². The molecule has 0 radical (unpaired) electrons. The van der Waals surface area contributed by atoms with E-state index in [-0.39, 0.29) is 28.8 Å². The Labute approximate surface area is 375 Å². The summed E-state index contributed by atoms with van der Waals surface area (Å²) in [7, 11) is 0.685. The minimum Gasteiger partial charge on any atom is -0.469 e. The molecule has 0 spiro atoms. The van der Waals surface area contributed by atoms with Crippen molar-refractivity contribution in [1.82, 2.24) is 9.80 Å². The summed E-state index contributed by atoms with van der Waals surface area (Å²) in [5, 5.41) is 0.00579. The van der Waals surface area contributed by atoms with E-state index >= 15 is 0 Å². The summed E-state index contributed by atoms with van der Waals surface area (Å²) < 4.78 is 35.3. The average molecular weight is 887 g/mol. The van der Waals surface area contributed by atoms with E-state index in [1.54, 1.807) is 9.80 Å². The molecular formula is C49H82N2O10Si. The van der Waals surface area contributed by atoms with Crippen LogP contribution in [0.15, 0.2) is 42.5 Å². The number of amides is 2. The van der Waals surface area contributed by atoms with Gasteiger partial charge < -0.3 is 37.9 Å². The number of esters is 2. The summed E-state index contributed by atoms with van der Waals surface area (Å²) in [4.78, 5) is 58.4. The van der Waals surface area contributed by atoms with Crippen LogP contribution in [-0.2, 0) is 44.3 Å². The molecule has 0 saturated carbocycles. The van der Waals surface area contributed by atoms with E-state index in [0.29, 0.717) is 58.6 Å². The number of likely N-dealkylation sites (tertiary alicyclic amines) is 2. The summed E-state index contributed by atoms with van der Waals surface area (Å²) in [5.74, 6) is -2.03. The fourth-order valence-electron chi connectivity index (χ4n) is 8.42. The van der Waals surface area contributed by atoms with Crippen molar-refractivity contribution < 1.29 is 47.3 Å². The summed E-state index contributed by atoms with van der Waals surface area (Å²) in [6.45, 7) is 24.7. The van der Waals surface area contributed by atoms with Crippen molar-refractivity contribution in [2.24, 2.45) is 23.7 Å². The number of methoxy groups -OCH3 is 2. The second-order valence-electron chi connectivity index (χ2n) is 20.8. The predicted octanol–water partition coefficient (Wildman–Crippen LogP) is 10.7. The van der Waals surface area contributed by atoms with Crippen LogP contribution in [0.3, 0.4) is 0 Å². The van der Waals surface area contributed by atoms with Crippen LogP contribution in [0.25, 0.3) is 0 Å². The van der Waals surface area contributed by atoms with Crippen molar-refractivity contribution in [3.8, 4) is 0 Å². The van der Waals surface area contributed by atoms with Gasteiger partial charge in [-0.05, 0) is 129 Å². The van der Waals surface area contributed by atoms with Gasteiger partial charge in [-0.1, -0.05) is 69.7 Å². The zero-order valence-electron chi connectivity index (χ0n) is 40.6. The molecule has 0 aromatic heterocycles. The lowest BCUT2D eigenvalue weighted by Crippen LogP contribution is -2.56. The minimum absolute atomic E-state index is 0.00579. The van der Waals surface area contributed by atoms with E-state index in [9.17, 15) is 19.2 Å². The van der Waals surface area contributed by atoms with Gasteiger partial charge in [0.1, 0.15) is 11.2 Å². The number of carbonyl (C=O) groups is 4. The lowest BCUT2D eigenvalue weighted by molar-refractivity contribution is -0.151. The van der Waals surface area contributed by atoms with Crippen molar-refractivity contribution >= 4 is 32.4 Å². The van der Waals surface area contributed by atoms with E-state index in [4.69, 9.17) is 28.1 Å². The number of nitrogens with zero attached hydrogens (tertiary/aromatic N) is 2. The van der Waals surface area contributed by atoms with Crippen LogP contribution in [0.2, 0.25) is 18.1 Å². The molecule has 2 amide bonds. The van der Waals surface area contributed by atoms with Gasteiger partial charge in [-0.2, -0.15) is 0 Å². The molecule has 1 aromatic carbocycles. The van der Waals surface area contributed by atoms with E-state index < -0.39 is 55.6 Å². The zero-order valence-corrected chi connectivity index (χ0v) is 41.6. The van der Waals surface area contributed by atoms with E-state index in [2.05, 4.69) is 46.0 Å². The van der Waals surface area contributed by atoms with Crippen LogP contribution < -0.4 is 0 Å². The summed E-state index contributed by atoms with van der Waals surface area (Å²) in [6.07, 6.45) is 10.4. The maximum atomic E-state index is 13.8. The zero-order chi connectivity index (χ0) is 46.3. The van der Waals surface area contributed by atoms with Crippen LogP contribution in [-0.4, -0.2) is 106 Å². The highest BCUT2D eigenvalue weighted by Gasteiger charge is 2.47. The molecule has 2 aliphatic rings. The van der Waals surface area contributed by atoms with Crippen LogP contribution in [0, 0.1) is 23.7 Å². The number of benzene rings is 1. The number of unbranched alkanes of at least 4 members (excludes halogenated alkanes) is 2. The molecular weight excluding hydrogens is 805 g/mol. The molecule has 2 aliphatic heterocycles. The Morgan fingerprint density at radius 1 is 0.742 bits per heavy atom. The van der Waals surface area contributed by atoms with E-state index in [1.165, 1.54) is 14.2 Å². The SMILES string of the molecule is COC(=O)[C@H](CCC/C=C\[C@H]1CCCN(C(=O)OC(C)(C)C)[C@@H]1[C@@H](CCCCOCc1ccccc1)C(=O)OC)[C@@H]1[C@@H](CO[Si](C)(C)C(C)(C)C)CCCN1C(=O)OC(C)(C)C. The molecule has 62 heavy (non-hydrogen) atoms. The smallest absolute Gasteiger partial charge is 0.410 e. The number of piperidine rings is 2. The number of carbonyl (C=O) groups excluding carboxylic acids is 4. The Balaban J connectivity index is 1.84. The van der Waals surface area contributed by atoms with Crippen molar-refractivity contribution in [2.45, 2.75) is 175 Å². The van der Waals surface area contributed by atoms with Gasteiger partial charge in [0.25, 0.3) is 0 Å². The molecule has 0 bridgehead atoms. The van der Waals surface area contributed by atoms with Gasteiger partial charge in [0.05, 0.1) is 44.7 Å². The van der Waals surface area contributed by atoms with Crippen LogP contribution in [0.1, 0.15) is 132 Å². The number of ether oxygens (including phenoxy) is 5. The van der Waals surface area contributed by atoms with Gasteiger partial charge in [-0.25, -0.2) is 9.59 Å². The van der Waals surface area contributed by atoms with Crippen LogP contribution >= 0.6 is 0 Å². The van der Waals surface area contributed by atoms with Crippen LogP contribution in [0.5, 0.6) is 0 Å². The maximum Gasteiger partial charge on any atom is 0.410 e. The lowest BCUT2D eigenvalue weighted by Gasteiger charge is -2.46. The molecule has 0 aliphatic carbocycles. The van der Waals surface area contributed by atoms with Crippen molar-refractivity contribution in [2.75, 3.05) is 40.5 Å². The Morgan fingerprint density at radius 2 is 1.27 bits per heavy atom. The van der Waals surface area contributed by atoms with E-state index in [0.717, 1.165) is 44.1 Å².